The van der Waals surface area contributed by atoms with Gasteiger partial charge in [0, 0.05) is 25.3 Å². The molecule has 0 fully saturated rings. The van der Waals surface area contributed by atoms with Gasteiger partial charge in [-0.3, -0.25) is 0 Å². The van der Waals surface area contributed by atoms with E-state index in [0.29, 0.717) is 19.1 Å². The standard InChI is InChI=1S/C13H21FN2O3S/c1-10(2)9-19-6-5-16-20(17,18)12-3-4-13(14)11(7-12)8-15/h3-4,7,10,16H,5-6,8-9,15H2,1-2H3. The summed E-state index contributed by atoms with van der Waals surface area (Å²) < 4.78 is 44.9. The zero-order chi connectivity index (χ0) is 15.2. The molecule has 1 aromatic carbocycles. The summed E-state index contributed by atoms with van der Waals surface area (Å²) in [5.41, 5.74) is 5.53. The van der Waals surface area contributed by atoms with Crippen molar-refractivity contribution < 1.29 is 17.5 Å². The van der Waals surface area contributed by atoms with Crippen molar-refractivity contribution in [1.82, 2.24) is 4.72 Å². The highest BCUT2D eigenvalue weighted by Gasteiger charge is 2.15. The van der Waals surface area contributed by atoms with Crippen molar-refractivity contribution in [2.75, 3.05) is 19.8 Å². The van der Waals surface area contributed by atoms with Gasteiger partial charge in [0.2, 0.25) is 10.0 Å². The minimum absolute atomic E-state index is 0.00297. The monoisotopic (exact) mass is 304 g/mol. The van der Waals surface area contributed by atoms with Gasteiger partial charge in [0.25, 0.3) is 0 Å². The van der Waals surface area contributed by atoms with E-state index >= 15 is 0 Å². The number of hydrogen-bond donors (Lipinski definition) is 2. The first-order valence-electron chi connectivity index (χ1n) is 6.42. The van der Waals surface area contributed by atoms with Crippen molar-refractivity contribution in [2.45, 2.75) is 25.3 Å². The van der Waals surface area contributed by atoms with E-state index in [2.05, 4.69) is 4.72 Å². The Labute approximate surface area is 119 Å². The smallest absolute Gasteiger partial charge is 0.240 e. The van der Waals surface area contributed by atoms with Gasteiger partial charge in [-0.15, -0.1) is 0 Å². The van der Waals surface area contributed by atoms with Gasteiger partial charge in [0.05, 0.1) is 11.5 Å². The first-order valence-corrected chi connectivity index (χ1v) is 7.91. The van der Waals surface area contributed by atoms with Crippen molar-refractivity contribution in [3.63, 3.8) is 0 Å². The molecule has 1 aromatic rings. The van der Waals surface area contributed by atoms with Crippen LogP contribution in [0.25, 0.3) is 0 Å². The van der Waals surface area contributed by atoms with Crippen LogP contribution in [0.2, 0.25) is 0 Å². The van der Waals surface area contributed by atoms with E-state index < -0.39 is 15.8 Å². The zero-order valence-corrected chi connectivity index (χ0v) is 12.5. The molecule has 5 nitrogen and oxygen atoms in total. The maximum Gasteiger partial charge on any atom is 0.240 e. The van der Waals surface area contributed by atoms with Crippen LogP contribution in [0.5, 0.6) is 0 Å². The molecule has 0 radical (unpaired) electrons. The van der Waals surface area contributed by atoms with E-state index in [1.54, 1.807) is 0 Å². The molecule has 0 aliphatic rings. The lowest BCUT2D eigenvalue weighted by atomic mass is 10.2. The third kappa shape index (κ3) is 5.16. The minimum Gasteiger partial charge on any atom is -0.380 e. The van der Waals surface area contributed by atoms with Crippen LogP contribution < -0.4 is 10.5 Å². The Balaban J connectivity index is 2.60. The van der Waals surface area contributed by atoms with Crippen molar-refractivity contribution in [3.05, 3.63) is 29.6 Å². The van der Waals surface area contributed by atoms with Crippen LogP contribution in [0.1, 0.15) is 19.4 Å². The van der Waals surface area contributed by atoms with Crippen LogP contribution in [0.15, 0.2) is 23.1 Å². The van der Waals surface area contributed by atoms with E-state index in [9.17, 15) is 12.8 Å². The molecule has 0 saturated carbocycles. The maximum absolute atomic E-state index is 13.3. The van der Waals surface area contributed by atoms with Crippen LogP contribution in [0.3, 0.4) is 0 Å². The van der Waals surface area contributed by atoms with Crippen molar-refractivity contribution in [1.29, 1.82) is 0 Å². The van der Waals surface area contributed by atoms with Crippen LogP contribution in [0, 0.1) is 11.7 Å². The molecule has 20 heavy (non-hydrogen) atoms. The molecule has 3 N–H and O–H groups in total. The predicted octanol–water partition coefficient (Wildman–Crippen LogP) is 1.24. The minimum atomic E-state index is -3.66. The molecule has 0 saturated heterocycles. The van der Waals surface area contributed by atoms with Gasteiger partial charge >= 0.3 is 0 Å². The Hall–Kier alpha value is -1.02. The molecular weight excluding hydrogens is 283 g/mol. The van der Waals surface area contributed by atoms with Gasteiger partial charge in [-0.25, -0.2) is 17.5 Å². The summed E-state index contributed by atoms with van der Waals surface area (Å²) in [6, 6.07) is 3.56. The molecule has 0 unspecified atom stereocenters. The van der Waals surface area contributed by atoms with Crippen molar-refractivity contribution in [3.8, 4) is 0 Å². The van der Waals surface area contributed by atoms with Crippen molar-refractivity contribution >= 4 is 10.0 Å². The number of halogens is 1. The second-order valence-electron chi connectivity index (χ2n) is 4.82. The number of nitrogens with one attached hydrogen (secondary N) is 1. The highest BCUT2D eigenvalue weighted by Crippen LogP contribution is 2.14. The largest absolute Gasteiger partial charge is 0.380 e. The summed E-state index contributed by atoms with van der Waals surface area (Å²) in [5.74, 6) is -0.109. The SMILES string of the molecule is CC(C)COCCNS(=O)(=O)c1ccc(F)c(CN)c1. The summed E-state index contributed by atoms with van der Waals surface area (Å²) in [6.45, 7) is 5.02. The second kappa shape index (κ2) is 7.68. The summed E-state index contributed by atoms with van der Waals surface area (Å²) in [4.78, 5) is 0.00297. The molecule has 0 spiro atoms. The topological polar surface area (TPSA) is 81.4 Å². The first-order chi connectivity index (χ1) is 9.36. The fraction of sp³-hybridized carbons (Fsp3) is 0.538. The van der Waals surface area contributed by atoms with Gasteiger partial charge < -0.3 is 10.5 Å². The van der Waals surface area contributed by atoms with Crippen LogP contribution >= 0.6 is 0 Å². The van der Waals surface area contributed by atoms with Gasteiger partial charge in [0.15, 0.2) is 0 Å². The molecule has 1 rings (SSSR count). The summed E-state index contributed by atoms with van der Waals surface area (Å²) in [5, 5.41) is 0. The average Bonchev–Trinajstić information content (AvgIpc) is 2.38. The molecular formula is C13H21FN2O3S. The Morgan fingerprint density at radius 2 is 2.10 bits per heavy atom. The van der Waals surface area contributed by atoms with E-state index in [1.807, 2.05) is 13.8 Å². The molecule has 0 amide bonds. The highest BCUT2D eigenvalue weighted by atomic mass is 32.2. The zero-order valence-electron chi connectivity index (χ0n) is 11.7. The predicted molar refractivity (Wildman–Crippen MR) is 75.1 cm³/mol. The Bertz CT molecular complexity index is 532. The van der Waals surface area contributed by atoms with Crippen LogP contribution in [-0.4, -0.2) is 28.2 Å². The number of benzene rings is 1. The van der Waals surface area contributed by atoms with Gasteiger partial charge in [-0.1, -0.05) is 13.8 Å². The fourth-order valence-corrected chi connectivity index (χ4v) is 2.59. The lowest BCUT2D eigenvalue weighted by Gasteiger charge is -2.10. The van der Waals surface area contributed by atoms with Gasteiger partial charge in [-0.2, -0.15) is 0 Å². The number of rotatable bonds is 8. The molecule has 0 atom stereocenters. The normalized spacial score (nSPS) is 12.1. The third-order valence-electron chi connectivity index (χ3n) is 2.54. The molecule has 0 aliphatic carbocycles. The van der Waals surface area contributed by atoms with E-state index in [-0.39, 0.29) is 23.5 Å². The average molecular weight is 304 g/mol. The summed E-state index contributed by atoms with van der Waals surface area (Å²) in [7, 11) is -3.66. The Morgan fingerprint density at radius 1 is 1.40 bits per heavy atom. The fourth-order valence-electron chi connectivity index (χ4n) is 1.53. The van der Waals surface area contributed by atoms with Gasteiger partial charge in [0.1, 0.15) is 5.82 Å². The second-order valence-corrected chi connectivity index (χ2v) is 6.59. The lowest BCUT2D eigenvalue weighted by Crippen LogP contribution is -2.28. The van der Waals surface area contributed by atoms with E-state index in [0.717, 1.165) is 6.07 Å². The molecule has 0 aromatic heterocycles. The molecule has 7 heteroatoms. The van der Waals surface area contributed by atoms with E-state index in [4.69, 9.17) is 10.5 Å². The Morgan fingerprint density at radius 3 is 2.70 bits per heavy atom. The maximum atomic E-state index is 13.3. The number of hydrogen-bond acceptors (Lipinski definition) is 4. The van der Waals surface area contributed by atoms with E-state index in [1.165, 1.54) is 12.1 Å². The number of nitrogens with two attached hydrogens (primary N) is 1. The first kappa shape index (κ1) is 17.0. The van der Waals surface area contributed by atoms with Crippen molar-refractivity contribution in [2.24, 2.45) is 11.7 Å². The number of sulfonamides is 1. The van der Waals surface area contributed by atoms with Gasteiger partial charge in [-0.05, 0) is 24.1 Å². The molecule has 0 heterocycles. The van der Waals surface area contributed by atoms with Crippen LogP contribution in [-0.2, 0) is 21.3 Å². The third-order valence-corrected chi connectivity index (χ3v) is 4.00. The lowest BCUT2D eigenvalue weighted by molar-refractivity contribution is 0.114. The molecule has 0 aliphatic heterocycles. The highest BCUT2D eigenvalue weighted by molar-refractivity contribution is 7.89. The summed E-state index contributed by atoms with van der Waals surface area (Å²) >= 11 is 0. The Kier molecular flexibility index (Phi) is 6.54. The molecule has 114 valence electrons. The van der Waals surface area contributed by atoms with Crippen LogP contribution in [0.4, 0.5) is 4.39 Å². The quantitative estimate of drug-likeness (QED) is 0.708. The molecule has 0 bridgehead atoms. The number of ether oxygens (including phenoxy) is 1. The summed E-state index contributed by atoms with van der Waals surface area (Å²) in [6.07, 6.45) is 0.